The van der Waals surface area contributed by atoms with Crippen LogP contribution in [0.5, 0.6) is 5.75 Å². The normalized spacial score (nSPS) is 12.2. The van der Waals surface area contributed by atoms with Crippen molar-refractivity contribution >= 4 is 0 Å². The van der Waals surface area contributed by atoms with Crippen LogP contribution < -0.4 is 10.1 Å². The van der Waals surface area contributed by atoms with E-state index in [1.165, 1.54) is 18.7 Å². The van der Waals surface area contributed by atoms with E-state index in [-0.39, 0.29) is 17.6 Å². The summed E-state index contributed by atoms with van der Waals surface area (Å²) in [7, 11) is 1.47. The molecule has 1 N–H and O–H groups in total. The molecule has 2 aromatic carbocycles. The molecule has 0 amide bonds. The third-order valence-corrected chi connectivity index (χ3v) is 3.59. The average molecular weight is 287 g/mol. The number of halogens is 1. The number of benzene rings is 2. The molecular weight excluding hydrogens is 265 g/mol. The highest BCUT2D eigenvalue weighted by Gasteiger charge is 2.12. The molecule has 1 atom stereocenters. The van der Waals surface area contributed by atoms with E-state index >= 15 is 0 Å². The summed E-state index contributed by atoms with van der Waals surface area (Å²) >= 11 is 0. The molecule has 0 saturated heterocycles. The first-order valence-electron chi connectivity index (χ1n) is 7.33. The van der Waals surface area contributed by atoms with Crippen LogP contribution in [0.4, 0.5) is 4.39 Å². The molecule has 0 spiro atoms. The topological polar surface area (TPSA) is 21.3 Å². The molecule has 3 heteroatoms. The zero-order valence-corrected chi connectivity index (χ0v) is 12.8. The summed E-state index contributed by atoms with van der Waals surface area (Å²) in [6.07, 6.45) is 1.09. The van der Waals surface area contributed by atoms with Crippen LogP contribution in [-0.2, 0) is 0 Å². The standard InChI is InChI=1S/C18H22FNO/c1-4-11-20-13(2)15-7-5-6-8-16(15)14-9-10-18(21-3)17(19)12-14/h5-10,12-13,20H,4,11H2,1-3H3. The van der Waals surface area contributed by atoms with E-state index in [2.05, 4.69) is 25.2 Å². The Labute approximate surface area is 126 Å². The summed E-state index contributed by atoms with van der Waals surface area (Å²) in [5.41, 5.74) is 3.10. The quantitative estimate of drug-likeness (QED) is 0.840. The minimum Gasteiger partial charge on any atom is -0.494 e. The molecule has 0 heterocycles. The van der Waals surface area contributed by atoms with Crippen molar-refractivity contribution in [2.24, 2.45) is 0 Å². The molecule has 0 aliphatic heterocycles. The summed E-state index contributed by atoms with van der Waals surface area (Å²) in [6, 6.07) is 13.4. The lowest BCUT2D eigenvalue weighted by molar-refractivity contribution is 0.386. The molecular formula is C18H22FNO. The second kappa shape index (κ2) is 7.23. The predicted octanol–water partition coefficient (Wildman–Crippen LogP) is 4.56. The van der Waals surface area contributed by atoms with E-state index in [1.807, 2.05) is 24.3 Å². The first-order valence-corrected chi connectivity index (χ1v) is 7.33. The molecule has 0 fully saturated rings. The van der Waals surface area contributed by atoms with Gasteiger partial charge in [-0.05, 0) is 48.7 Å². The molecule has 0 aromatic heterocycles. The van der Waals surface area contributed by atoms with Crippen molar-refractivity contribution in [3.8, 4) is 16.9 Å². The molecule has 112 valence electrons. The summed E-state index contributed by atoms with van der Waals surface area (Å²) in [5.74, 6) is -0.0626. The van der Waals surface area contributed by atoms with Gasteiger partial charge in [0, 0.05) is 6.04 Å². The van der Waals surface area contributed by atoms with E-state index < -0.39 is 0 Å². The fourth-order valence-corrected chi connectivity index (χ4v) is 2.44. The van der Waals surface area contributed by atoms with Gasteiger partial charge in [-0.25, -0.2) is 4.39 Å². The van der Waals surface area contributed by atoms with Gasteiger partial charge in [0.05, 0.1) is 7.11 Å². The fraction of sp³-hybridized carbons (Fsp3) is 0.333. The summed E-state index contributed by atoms with van der Waals surface area (Å²) in [4.78, 5) is 0. The second-order valence-corrected chi connectivity index (χ2v) is 5.11. The molecule has 2 rings (SSSR count). The predicted molar refractivity (Wildman–Crippen MR) is 85.1 cm³/mol. The maximum atomic E-state index is 13.9. The van der Waals surface area contributed by atoms with Crippen LogP contribution in [0.1, 0.15) is 31.9 Å². The Morgan fingerprint density at radius 3 is 2.62 bits per heavy atom. The van der Waals surface area contributed by atoms with Crippen LogP contribution in [0.25, 0.3) is 11.1 Å². The smallest absolute Gasteiger partial charge is 0.165 e. The van der Waals surface area contributed by atoms with E-state index in [0.29, 0.717) is 0 Å². The highest BCUT2D eigenvalue weighted by molar-refractivity contribution is 5.68. The Bertz CT molecular complexity index is 598. The van der Waals surface area contributed by atoms with Gasteiger partial charge in [0.15, 0.2) is 11.6 Å². The Morgan fingerprint density at radius 1 is 1.19 bits per heavy atom. The van der Waals surface area contributed by atoms with Gasteiger partial charge in [0.25, 0.3) is 0 Å². The number of ether oxygens (including phenoxy) is 1. The highest BCUT2D eigenvalue weighted by atomic mass is 19.1. The van der Waals surface area contributed by atoms with Crippen molar-refractivity contribution in [2.45, 2.75) is 26.3 Å². The largest absolute Gasteiger partial charge is 0.494 e. The Morgan fingerprint density at radius 2 is 1.95 bits per heavy atom. The molecule has 1 unspecified atom stereocenters. The zero-order chi connectivity index (χ0) is 15.2. The maximum Gasteiger partial charge on any atom is 0.165 e. The number of nitrogens with one attached hydrogen (secondary N) is 1. The Kier molecular flexibility index (Phi) is 5.34. The average Bonchev–Trinajstić information content (AvgIpc) is 2.52. The lowest BCUT2D eigenvalue weighted by Gasteiger charge is -2.18. The molecule has 0 aliphatic carbocycles. The number of methoxy groups -OCH3 is 1. The van der Waals surface area contributed by atoms with Crippen molar-refractivity contribution < 1.29 is 9.13 Å². The van der Waals surface area contributed by atoms with Gasteiger partial charge < -0.3 is 10.1 Å². The van der Waals surface area contributed by atoms with E-state index in [9.17, 15) is 4.39 Å². The van der Waals surface area contributed by atoms with Crippen LogP contribution in [0, 0.1) is 5.82 Å². The third-order valence-electron chi connectivity index (χ3n) is 3.59. The van der Waals surface area contributed by atoms with Crippen molar-refractivity contribution in [3.63, 3.8) is 0 Å². The number of hydrogen-bond donors (Lipinski definition) is 1. The number of hydrogen-bond acceptors (Lipinski definition) is 2. The Hall–Kier alpha value is -1.87. The van der Waals surface area contributed by atoms with E-state index in [0.717, 1.165) is 24.1 Å². The van der Waals surface area contributed by atoms with Crippen molar-refractivity contribution in [3.05, 3.63) is 53.8 Å². The van der Waals surface area contributed by atoms with E-state index in [4.69, 9.17) is 4.74 Å². The minimum absolute atomic E-state index is 0.228. The summed E-state index contributed by atoms with van der Waals surface area (Å²) < 4.78 is 18.9. The highest BCUT2D eigenvalue weighted by Crippen LogP contribution is 2.30. The van der Waals surface area contributed by atoms with Crippen LogP contribution in [-0.4, -0.2) is 13.7 Å². The van der Waals surface area contributed by atoms with Crippen molar-refractivity contribution in [1.82, 2.24) is 5.32 Å². The van der Waals surface area contributed by atoms with Crippen LogP contribution in [0.15, 0.2) is 42.5 Å². The maximum absolute atomic E-state index is 13.9. The molecule has 0 aliphatic rings. The summed E-state index contributed by atoms with van der Waals surface area (Å²) in [5, 5.41) is 3.48. The van der Waals surface area contributed by atoms with Gasteiger partial charge >= 0.3 is 0 Å². The molecule has 0 bridgehead atoms. The Balaban J connectivity index is 2.37. The van der Waals surface area contributed by atoms with Gasteiger partial charge in [0.2, 0.25) is 0 Å². The summed E-state index contributed by atoms with van der Waals surface area (Å²) in [6.45, 7) is 5.24. The zero-order valence-electron chi connectivity index (χ0n) is 12.8. The van der Waals surface area contributed by atoms with Crippen LogP contribution >= 0.6 is 0 Å². The third kappa shape index (κ3) is 3.61. The molecule has 0 radical (unpaired) electrons. The van der Waals surface area contributed by atoms with Gasteiger partial charge in [-0.1, -0.05) is 37.3 Å². The van der Waals surface area contributed by atoms with Crippen LogP contribution in [0.2, 0.25) is 0 Å². The SMILES string of the molecule is CCCNC(C)c1ccccc1-c1ccc(OC)c(F)c1. The van der Waals surface area contributed by atoms with Gasteiger partial charge in [-0.15, -0.1) is 0 Å². The molecule has 21 heavy (non-hydrogen) atoms. The van der Waals surface area contributed by atoms with Crippen molar-refractivity contribution in [1.29, 1.82) is 0 Å². The second-order valence-electron chi connectivity index (χ2n) is 5.11. The van der Waals surface area contributed by atoms with Gasteiger partial charge in [-0.3, -0.25) is 0 Å². The van der Waals surface area contributed by atoms with Gasteiger partial charge in [-0.2, -0.15) is 0 Å². The minimum atomic E-state index is -0.334. The first kappa shape index (κ1) is 15.5. The first-order chi connectivity index (χ1) is 10.2. The van der Waals surface area contributed by atoms with Gasteiger partial charge in [0.1, 0.15) is 0 Å². The lowest BCUT2D eigenvalue weighted by atomic mass is 9.95. The fourth-order valence-electron chi connectivity index (χ4n) is 2.44. The monoisotopic (exact) mass is 287 g/mol. The molecule has 2 nitrogen and oxygen atoms in total. The molecule has 0 saturated carbocycles. The van der Waals surface area contributed by atoms with Crippen molar-refractivity contribution in [2.75, 3.05) is 13.7 Å². The lowest BCUT2D eigenvalue weighted by Crippen LogP contribution is -2.19. The van der Waals surface area contributed by atoms with Crippen LogP contribution in [0.3, 0.4) is 0 Å². The van der Waals surface area contributed by atoms with E-state index in [1.54, 1.807) is 6.07 Å². The molecule has 2 aromatic rings. The number of rotatable bonds is 6.